The Bertz CT molecular complexity index is 865. The van der Waals surface area contributed by atoms with E-state index >= 15 is 0 Å². The molecule has 1 N–H and O–H groups in total. The van der Waals surface area contributed by atoms with E-state index in [1.807, 2.05) is 0 Å². The quantitative estimate of drug-likeness (QED) is 0.238. The standard InChI is InChI=1S/C22H32FIN2O6/c1-21(2,3)31-19(27)16(11-14-7-8-17(23)18(12-14)24-26(29)30)15-9-10-25(13-15)20(28)32-22(4,5)6/h7-8,12,15-16H,9-11,13H2,1-6H3,(H,29,30)/t15-,16-/m0/s1. The average Bonchev–Trinajstić information content (AvgIpc) is 3.08. The van der Waals surface area contributed by atoms with Crippen LogP contribution in [0.1, 0.15) is 53.5 Å². The van der Waals surface area contributed by atoms with E-state index in [0.29, 0.717) is 25.1 Å². The van der Waals surface area contributed by atoms with Gasteiger partial charge in [-0.2, -0.15) is 0 Å². The molecule has 8 nitrogen and oxygen atoms in total. The molecule has 0 saturated carbocycles. The number of carbonyl (C=O) groups is 2. The Balaban J connectivity index is 2.23. The first-order valence-corrected chi connectivity index (χ1v) is 12.5. The first kappa shape index (κ1) is 26.3. The number of halogens is 2. The van der Waals surface area contributed by atoms with Crippen LogP contribution < -0.4 is 21.5 Å². The van der Waals surface area contributed by atoms with Crippen molar-refractivity contribution in [2.45, 2.75) is 65.6 Å². The van der Waals surface area contributed by atoms with E-state index in [1.165, 1.54) is 12.1 Å². The van der Waals surface area contributed by atoms with Crippen molar-refractivity contribution in [2.24, 2.45) is 11.8 Å². The number of likely N-dealkylation sites (tertiary alicyclic amines) is 1. The van der Waals surface area contributed by atoms with Gasteiger partial charge in [0, 0.05) is 0 Å². The Morgan fingerprint density at radius 2 is 1.84 bits per heavy atom. The number of rotatable bonds is 6. The Labute approximate surface area is 198 Å². The number of nitrogens with zero attached hydrogens (tertiary/aromatic N) is 2. The van der Waals surface area contributed by atoms with Crippen LogP contribution in [0.3, 0.4) is 0 Å². The van der Waals surface area contributed by atoms with Crippen LogP contribution in [0.15, 0.2) is 18.2 Å². The molecule has 10 heteroatoms. The minimum absolute atomic E-state index is 0.142. The summed E-state index contributed by atoms with van der Waals surface area (Å²) in [6.07, 6.45) is 0.452. The van der Waals surface area contributed by atoms with Crippen LogP contribution in [0.5, 0.6) is 0 Å². The van der Waals surface area contributed by atoms with Crippen molar-refractivity contribution in [2.75, 3.05) is 13.1 Å². The van der Waals surface area contributed by atoms with Crippen LogP contribution in [-0.4, -0.2) is 49.6 Å². The first-order chi connectivity index (χ1) is 14.6. The van der Waals surface area contributed by atoms with Gasteiger partial charge in [0.25, 0.3) is 0 Å². The van der Waals surface area contributed by atoms with Gasteiger partial charge in [-0.3, -0.25) is 0 Å². The van der Waals surface area contributed by atoms with E-state index in [0.717, 1.165) is 0 Å². The Morgan fingerprint density at radius 3 is 2.41 bits per heavy atom. The monoisotopic (exact) mass is 566 g/mol. The first-order valence-electron chi connectivity index (χ1n) is 10.4. The predicted molar refractivity (Wildman–Crippen MR) is 109 cm³/mol. The molecule has 1 aliphatic heterocycles. The summed E-state index contributed by atoms with van der Waals surface area (Å²) < 4.78 is 25.0. The molecule has 1 aliphatic rings. The second-order valence-electron chi connectivity index (χ2n) is 9.88. The molecule has 1 aromatic carbocycles. The third kappa shape index (κ3) is 8.18. The van der Waals surface area contributed by atoms with Gasteiger partial charge >= 0.3 is 199 Å². The summed E-state index contributed by atoms with van der Waals surface area (Å²) in [6.45, 7) is 11.6. The zero-order valence-corrected chi connectivity index (χ0v) is 21.5. The topological polar surface area (TPSA) is 96.1 Å². The van der Waals surface area contributed by atoms with E-state index in [2.05, 4.69) is 0 Å². The molecule has 1 aromatic rings. The van der Waals surface area contributed by atoms with Crippen LogP contribution in [0, 0.1) is 26.1 Å². The fourth-order valence-corrected chi connectivity index (χ4v) is 4.89. The number of benzene rings is 1. The summed E-state index contributed by atoms with van der Waals surface area (Å²) >= 11 is -1.60. The molecule has 0 aliphatic carbocycles. The molecule has 1 saturated heterocycles. The van der Waals surface area contributed by atoms with Crippen LogP contribution in [0.25, 0.3) is 0 Å². The van der Waals surface area contributed by atoms with Gasteiger partial charge in [0.2, 0.25) is 0 Å². The molecule has 0 radical (unpaired) electrons. The number of amides is 1. The van der Waals surface area contributed by atoms with Crippen molar-refractivity contribution in [3.05, 3.63) is 38.1 Å². The molecule has 2 atom stereocenters. The zero-order valence-electron chi connectivity index (χ0n) is 19.4. The Hall–Kier alpha value is -1.98. The van der Waals surface area contributed by atoms with Gasteiger partial charge in [0.15, 0.2) is 0 Å². The molecule has 180 valence electrons. The molecule has 32 heavy (non-hydrogen) atoms. The van der Waals surface area contributed by atoms with Crippen molar-refractivity contribution < 1.29 is 53.3 Å². The third-order valence-corrected chi connectivity index (χ3v) is 6.52. The van der Waals surface area contributed by atoms with E-state index in [9.17, 15) is 18.9 Å². The van der Waals surface area contributed by atoms with Gasteiger partial charge in [0.1, 0.15) is 0 Å². The maximum atomic E-state index is 14.0. The number of hydrogen-bond donors (Lipinski definition) is 1. The summed E-state index contributed by atoms with van der Waals surface area (Å²) in [7, 11) is 0. The zero-order chi connectivity index (χ0) is 24.3. The number of carbonyl (C=O) groups excluding carboxylic acids is 2. The van der Waals surface area contributed by atoms with Crippen molar-refractivity contribution in [1.82, 2.24) is 4.90 Å². The fourth-order valence-electron chi connectivity index (χ4n) is 3.49. The molecule has 2 rings (SSSR count). The second-order valence-corrected chi connectivity index (χ2v) is 12.3. The molecule has 0 unspecified atom stereocenters. The van der Waals surface area contributed by atoms with Gasteiger partial charge in [-0.15, -0.1) is 0 Å². The molecule has 0 spiro atoms. The summed E-state index contributed by atoms with van der Waals surface area (Å²) in [6, 6.07) is 4.32. The number of esters is 1. The molecule has 0 bridgehead atoms. The second kappa shape index (κ2) is 10.3. The molecule has 1 fully saturated rings. The number of ether oxygens (including phenoxy) is 2. The van der Waals surface area contributed by atoms with E-state index in [1.54, 1.807) is 52.5 Å². The molecule has 1 heterocycles. The van der Waals surface area contributed by atoms with Crippen molar-refractivity contribution in [1.29, 1.82) is 0 Å². The average molecular weight is 566 g/mol. The van der Waals surface area contributed by atoms with E-state index in [-0.39, 0.29) is 25.0 Å². The van der Waals surface area contributed by atoms with Crippen molar-refractivity contribution in [3.63, 3.8) is 0 Å². The summed E-state index contributed by atoms with van der Waals surface area (Å²) in [4.78, 5) is 38.1. The van der Waals surface area contributed by atoms with Gasteiger partial charge in [-0.1, -0.05) is 0 Å². The van der Waals surface area contributed by atoms with Gasteiger partial charge in [0.05, 0.1) is 0 Å². The predicted octanol–water partition coefficient (Wildman–Crippen LogP) is 0.925. The molecule has 1 amide bonds. The van der Waals surface area contributed by atoms with E-state index < -0.39 is 50.5 Å². The van der Waals surface area contributed by atoms with Crippen LogP contribution >= 0.6 is 0 Å². The van der Waals surface area contributed by atoms with E-state index in [4.69, 9.17) is 14.7 Å². The maximum absolute atomic E-state index is 14.0. The molecular weight excluding hydrogens is 534 g/mol. The SMILES string of the molecule is CC(C)(C)OC(=O)[C@@H](Cc1ccc(F)c([I-][N+](=O)O)c1)[C@H]1CCN(C(=O)OC(C)(C)C)C1. The van der Waals surface area contributed by atoms with Gasteiger partial charge in [-0.25, -0.2) is 0 Å². The number of hydrogen-bond acceptors (Lipinski definition) is 5. The van der Waals surface area contributed by atoms with Crippen LogP contribution in [0.4, 0.5) is 9.18 Å². The van der Waals surface area contributed by atoms with Gasteiger partial charge in [-0.05, 0) is 0 Å². The summed E-state index contributed by atoms with van der Waals surface area (Å²) in [5.41, 5.74) is -0.636. The van der Waals surface area contributed by atoms with Crippen LogP contribution in [0.2, 0.25) is 0 Å². The summed E-state index contributed by atoms with van der Waals surface area (Å²) in [5, 5.41) is 8.99. The van der Waals surface area contributed by atoms with Crippen molar-refractivity contribution >= 4 is 12.1 Å². The van der Waals surface area contributed by atoms with Crippen LogP contribution in [-0.2, 0) is 20.7 Å². The summed E-state index contributed by atoms with van der Waals surface area (Å²) in [5.74, 6) is -1.67. The fraction of sp³-hybridized carbons (Fsp3) is 0.636. The van der Waals surface area contributed by atoms with Crippen molar-refractivity contribution in [3.8, 4) is 0 Å². The molecule has 0 aromatic heterocycles. The minimum atomic E-state index is -1.60. The normalized spacial score (nSPS) is 17.8. The third-order valence-electron chi connectivity index (χ3n) is 4.76. The Morgan fingerprint density at radius 1 is 1.22 bits per heavy atom. The Kier molecular flexibility index (Phi) is 8.46. The van der Waals surface area contributed by atoms with Gasteiger partial charge < -0.3 is 0 Å². The molecular formula is C22H32FIN2O6.